The van der Waals surface area contributed by atoms with Gasteiger partial charge in [0.2, 0.25) is 0 Å². The summed E-state index contributed by atoms with van der Waals surface area (Å²) in [5, 5.41) is 49.0. The Kier molecular flexibility index (Phi) is 7.86. The van der Waals surface area contributed by atoms with Crippen molar-refractivity contribution in [3.8, 4) is 0 Å². The fraction of sp³-hybridized carbons (Fsp3) is 0.750. The minimum Gasteiger partial charge on any atom is -0.394 e. The Morgan fingerprint density at radius 3 is 2.54 bits per heavy atom. The summed E-state index contributed by atoms with van der Waals surface area (Å²) in [6.07, 6.45) is -8.07. The van der Waals surface area contributed by atoms with Crippen LogP contribution in [-0.4, -0.2) is 98.3 Å². The standard InChI is InChI=1S/C16H26N2O10/c1-7-3-18(16(25)17-14(7)24)4-8(20)10(26-2)6-27-15-13(23)12(22)11(21)9(5-19)28-15/h3,8-13,15,19-23H,4-6H2,1-2H3,(H,17,24,25). The van der Waals surface area contributed by atoms with Crippen LogP contribution < -0.4 is 11.2 Å². The van der Waals surface area contributed by atoms with Crippen molar-refractivity contribution in [2.75, 3.05) is 20.3 Å². The van der Waals surface area contributed by atoms with Crippen molar-refractivity contribution in [3.63, 3.8) is 0 Å². The third kappa shape index (κ3) is 5.04. The lowest BCUT2D eigenvalue weighted by Gasteiger charge is -2.40. The topological polar surface area (TPSA) is 184 Å². The maximum atomic E-state index is 11.8. The summed E-state index contributed by atoms with van der Waals surface area (Å²) in [5.41, 5.74) is -0.928. The van der Waals surface area contributed by atoms with Crippen LogP contribution in [0.25, 0.3) is 0 Å². The summed E-state index contributed by atoms with van der Waals surface area (Å²) >= 11 is 0. The van der Waals surface area contributed by atoms with Gasteiger partial charge >= 0.3 is 5.69 Å². The van der Waals surface area contributed by atoms with Gasteiger partial charge in [-0.05, 0) is 6.92 Å². The molecule has 0 radical (unpaired) electrons. The van der Waals surface area contributed by atoms with Crippen LogP contribution in [0.5, 0.6) is 0 Å². The number of aromatic amines is 1. The average molecular weight is 406 g/mol. The highest BCUT2D eigenvalue weighted by atomic mass is 16.7. The van der Waals surface area contributed by atoms with Crippen LogP contribution in [0.3, 0.4) is 0 Å². The van der Waals surface area contributed by atoms with Crippen molar-refractivity contribution in [1.29, 1.82) is 0 Å². The van der Waals surface area contributed by atoms with Gasteiger partial charge in [0.25, 0.3) is 5.56 Å². The van der Waals surface area contributed by atoms with Crippen molar-refractivity contribution < 1.29 is 39.7 Å². The lowest BCUT2D eigenvalue weighted by atomic mass is 9.99. The second kappa shape index (κ2) is 9.71. The third-order valence-electron chi connectivity index (χ3n) is 4.58. The summed E-state index contributed by atoms with van der Waals surface area (Å²) in [4.78, 5) is 25.3. The molecule has 0 bridgehead atoms. The summed E-state index contributed by atoms with van der Waals surface area (Å²) in [5.74, 6) is 0. The lowest BCUT2D eigenvalue weighted by Crippen LogP contribution is -2.59. The van der Waals surface area contributed by atoms with E-state index in [2.05, 4.69) is 4.98 Å². The molecule has 0 aliphatic carbocycles. The minimum atomic E-state index is -1.59. The summed E-state index contributed by atoms with van der Waals surface area (Å²) in [7, 11) is 1.30. The van der Waals surface area contributed by atoms with Crippen LogP contribution in [0.1, 0.15) is 5.56 Å². The molecular formula is C16H26N2O10. The molecule has 2 heterocycles. The van der Waals surface area contributed by atoms with Crippen molar-refractivity contribution in [3.05, 3.63) is 32.6 Å². The minimum absolute atomic E-state index is 0.201. The van der Waals surface area contributed by atoms with Crippen LogP contribution in [0.15, 0.2) is 15.8 Å². The number of methoxy groups -OCH3 is 1. The highest BCUT2D eigenvalue weighted by Crippen LogP contribution is 2.22. The molecule has 0 aromatic carbocycles. The smallest absolute Gasteiger partial charge is 0.328 e. The highest BCUT2D eigenvalue weighted by molar-refractivity contribution is 5.01. The first-order valence-corrected chi connectivity index (χ1v) is 8.63. The molecule has 6 N–H and O–H groups in total. The molecule has 1 aromatic rings. The SMILES string of the molecule is COC(COC1OC(CO)C(O)C(O)C1O)C(O)Cn1cc(C)c(=O)[nH]c1=O. The van der Waals surface area contributed by atoms with Crippen LogP contribution in [0.2, 0.25) is 0 Å². The predicted octanol–water partition coefficient (Wildman–Crippen LogP) is -3.96. The van der Waals surface area contributed by atoms with Crippen molar-refractivity contribution >= 4 is 0 Å². The Morgan fingerprint density at radius 2 is 1.93 bits per heavy atom. The molecular weight excluding hydrogens is 380 g/mol. The number of H-pyrrole nitrogens is 1. The molecule has 28 heavy (non-hydrogen) atoms. The van der Waals surface area contributed by atoms with E-state index in [4.69, 9.17) is 14.2 Å². The van der Waals surface area contributed by atoms with Crippen molar-refractivity contribution in [2.24, 2.45) is 0 Å². The molecule has 1 aliphatic heterocycles. The first-order valence-electron chi connectivity index (χ1n) is 8.63. The molecule has 2 rings (SSSR count). The fourth-order valence-corrected chi connectivity index (χ4v) is 2.80. The molecule has 7 atom stereocenters. The van der Waals surface area contributed by atoms with E-state index in [-0.39, 0.29) is 13.2 Å². The Morgan fingerprint density at radius 1 is 1.25 bits per heavy atom. The number of aliphatic hydroxyl groups is 5. The van der Waals surface area contributed by atoms with E-state index in [9.17, 15) is 35.1 Å². The van der Waals surface area contributed by atoms with Gasteiger partial charge in [0.05, 0.1) is 19.8 Å². The molecule has 160 valence electrons. The largest absolute Gasteiger partial charge is 0.394 e. The molecule has 1 fully saturated rings. The normalized spacial score (nSPS) is 30.2. The van der Waals surface area contributed by atoms with Gasteiger partial charge in [0.15, 0.2) is 6.29 Å². The van der Waals surface area contributed by atoms with E-state index in [1.54, 1.807) is 0 Å². The van der Waals surface area contributed by atoms with Gasteiger partial charge in [-0.25, -0.2) is 4.79 Å². The Bertz CT molecular complexity index is 748. The van der Waals surface area contributed by atoms with E-state index in [1.165, 1.54) is 20.2 Å². The van der Waals surface area contributed by atoms with Gasteiger partial charge in [-0.15, -0.1) is 0 Å². The van der Waals surface area contributed by atoms with E-state index in [0.717, 1.165) is 4.57 Å². The Balaban J connectivity index is 2.00. The van der Waals surface area contributed by atoms with Crippen LogP contribution in [-0.2, 0) is 20.8 Å². The number of hydrogen-bond acceptors (Lipinski definition) is 10. The summed E-state index contributed by atoms with van der Waals surface area (Å²) in [6.45, 7) is 0.414. The average Bonchev–Trinajstić information content (AvgIpc) is 2.66. The number of aliphatic hydroxyl groups excluding tert-OH is 5. The van der Waals surface area contributed by atoms with Gasteiger partial charge in [0.1, 0.15) is 36.6 Å². The maximum Gasteiger partial charge on any atom is 0.328 e. The number of nitrogens with one attached hydrogen (secondary N) is 1. The zero-order valence-electron chi connectivity index (χ0n) is 15.5. The first kappa shape index (κ1) is 22.6. The molecule has 12 nitrogen and oxygen atoms in total. The van der Waals surface area contributed by atoms with Gasteiger partial charge < -0.3 is 39.7 Å². The molecule has 0 spiro atoms. The van der Waals surface area contributed by atoms with Crippen LogP contribution in [0.4, 0.5) is 0 Å². The molecule has 1 aliphatic rings. The van der Waals surface area contributed by atoms with Gasteiger partial charge in [-0.1, -0.05) is 0 Å². The van der Waals surface area contributed by atoms with Crippen LogP contribution in [0, 0.1) is 6.92 Å². The number of nitrogens with zero attached hydrogens (tertiary/aromatic N) is 1. The predicted molar refractivity (Wildman–Crippen MR) is 92.6 cm³/mol. The van der Waals surface area contributed by atoms with Crippen molar-refractivity contribution in [2.45, 2.75) is 56.4 Å². The van der Waals surface area contributed by atoms with Crippen molar-refractivity contribution in [1.82, 2.24) is 9.55 Å². The quantitative estimate of drug-likeness (QED) is 0.249. The summed E-state index contributed by atoms with van der Waals surface area (Å²) in [6, 6.07) is 0. The Labute approximate surface area is 159 Å². The van der Waals surface area contributed by atoms with E-state index < -0.39 is 60.8 Å². The van der Waals surface area contributed by atoms with Gasteiger partial charge in [0, 0.05) is 18.9 Å². The molecule has 7 unspecified atom stereocenters. The second-order valence-electron chi connectivity index (χ2n) is 6.60. The molecule has 0 saturated carbocycles. The first-order chi connectivity index (χ1) is 13.2. The highest BCUT2D eigenvalue weighted by Gasteiger charge is 2.44. The molecule has 0 amide bonds. The second-order valence-corrected chi connectivity index (χ2v) is 6.60. The fourth-order valence-electron chi connectivity index (χ4n) is 2.80. The van der Waals surface area contributed by atoms with E-state index in [1.807, 2.05) is 0 Å². The third-order valence-corrected chi connectivity index (χ3v) is 4.58. The number of hydrogen-bond donors (Lipinski definition) is 6. The molecule has 1 aromatic heterocycles. The molecule has 1 saturated heterocycles. The van der Waals surface area contributed by atoms with Gasteiger partial charge in [-0.3, -0.25) is 14.3 Å². The van der Waals surface area contributed by atoms with E-state index in [0.29, 0.717) is 5.56 Å². The Hall–Kier alpha value is -1.64. The number of ether oxygens (including phenoxy) is 3. The zero-order chi connectivity index (χ0) is 21.0. The number of aryl methyl sites for hydroxylation is 1. The zero-order valence-corrected chi connectivity index (χ0v) is 15.5. The van der Waals surface area contributed by atoms with E-state index >= 15 is 0 Å². The maximum absolute atomic E-state index is 11.8. The lowest BCUT2D eigenvalue weighted by molar-refractivity contribution is -0.306. The number of aromatic nitrogens is 2. The number of rotatable bonds is 8. The van der Waals surface area contributed by atoms with Gasteiger partial charge in [-0.2, -0.15) is 0 Å². The van der Waals surface area contributed by atoms with Crippen LogP contribution >= 0.6 is 0 Å². The molecule has 12 heteroatoms. The monoisotopic (exact) mass is 406 g/mol. The summed E-state index contributed by atoms with van der Waals surface area (Å²) < 4.78 is 16.8.